The van der Waals surface area contributed by atoms with E-state index in [0.717, 1.165) is 23.1 Å². The summed E-state index contributed by atoms with van der Waals surface area (Å²) in [4.78, 5) is 8.71. The van der Waals surface area contributed by atoms with E-state index in [1.165, 1.54) is 25.7 Å². The standard InChI is InChI=1S/C13H16BrN3O/c14-11-9-17-8-7-15-12(17)13(16-11)18-10-5-3-1-2-4-6-10/h7-10H,1-6H2. The van der Waals surface area contributed by atoms with Crippen molar-refractivity contribution in [2.24, 2.45) is 0 Å². The van der Waals surface area contributed by atoms with E-state index in [1.807, 2.05) is 16.8 Å². The summed E-state index contributed by atoms with van der Waals surface area (Å²) in [5, 5.41) is 0. The summed E-state index contributed by atoms with van der Waals surface area (Å²) in [7, 11) is 0. The Morgan fingerprint density at radius 2 is 2.00 bits per heavy atom. The maximum Gasteiger partial charge on any atom is 0.259 e. The predicted molar refractivity (Wildman–Crippen MR) is 72.8 cm³/mol. The lowest BCUT2D eigenvalue weighted by Crippen LogP contribution is -2.16. The van der Waals surface area contributed by atoms with Crippen LogP contribution in [0.25, 0.3) is 5.65 Å². The van der Waals surface area contributed by atoms with Crippen LogP contribution in [0.3, 0.4) is 0 Å². The third-order valence-corrected chi connectivity index (χ3v) is 3.78. The van der Waals surface area contributed by atoms with Crippen LogP contribution in [0.15, 0.2) is 23.2 Å². The lowest BCUT2D eigenvalue weighted by molar-refractivity contribution is 0.177. The molecular formula is C13H16BrN3O. The number of hydrogen-bond donors (Lipinski definition) is 0. The fourth-order valence-corrected chi connectivity index (χ4v) is 2.85. The molecule has 18 heavy (non-hydrogen) atoms. The van der Waals surface area contributed by atoms with Gasteiger partial charge in [0.25, 0.3) is 5.88 Å². The Kier molecular flexibility index (Phi) is 3.50. The molecule has 0 spiro atoms. The number of imidazole rings is 1. The Balaban J connectivity index is 1.86. The van der Waals surface area contributed by atoms with Gasteiger partial charge in [-0.15, -0.1) is 0 Å². The lowest BCUT2D eigenvalue weighted by atomic mass is 10.1. The van der Waals surface area contributed by atoms with Gasteiger partial charge in [0.05, 0.1) is 0 Å². The van der Waals surface area contributed by atoms with Crippen LogP contribution in [0.5, 0.6) is 5.88 Å². The average Bonchev–Trinajstić information content (AvgIpc) is 2.66. The van der Waals surface area contributed by atoms with E-state index < -0.39 is 0 Å². The molecule has 4 nitrogen and oxygen atoms in total. The van der Waals surface area contributed by atoms with Crippen molar-refractivity contribution in [2.75, 3.05) is 0 Å². The van der Waals surface area contributed by atoms with Crippen LogP contribution in [0, 0.1) is 0 Å². The van der Waals surface area contributed by atoms with Crippen LogP contribution in [0.2, 0.25) is 0 Å². The minimum atomic E-state index is 0.287. The third-order valence-electron chi connectivity index (χ3n) is 3.39. The molecule has 1 aliphatic rings. The lowest BCUT2D eigenvalue weighted by Gasteiger charge is -2.16. The van der Waals surface area contributed by atoms with Gasteiger partial charge < -0.3 is 4.74 Å². The molecule has 2 aromatic rings. The summed E-state index contributed by atoms with van der Waals surface area (Å²) in [6, 6.07) is 0. The third kappa shape index (κ3) is 2.51. The molecule has 5 heteroatoms. The van der Waals surface area contributed by atoms with Gasteiger partial charge in [-0.1, -0.05) is 12.8 Å². The van der Waals surface area contributed by atoms with E-state index in [-0.39, 0.29) is 6.10 Å². The highest BCUT2D eigenvalue weighted by Gasteiger charge is 2.17. The molecule has 1 saturated carbocycles. The van der Waals surface area contributed by atoms with E-state index in [4.69, 9.17) is 4.74 Å². The molecule has 0 aromatic carbocycles. The van der Waals surface area contributed by atoms with E-state index in [1.54, 1.807) is 6.20 Å². The molecule has 0 amide bonds. The number of nitrogens with zero attached hydrogens (tertiary/aromatic N) is 3. The fraction of sp³-hybridized carbons (Fsp3) is 0.538. The van der Waals surface area contributed by atoms with Crippen LogP contribution in [-0.2, 0) is 0 Å². The highest BCUT2D eigenvalue weighted by Crippen LogP contribution is 2.25. The van der Waals surface area contributed by atoms with Gasteiger partial charge >= 0.3 is 0 Å². The zero-order chi connectivity index (χ0) is 12.4. The Hall–Kier alpha value is -1.10. The first-order valence-corrected chi connectivity index (χ1v) is 7.28. The molecule has 0 atom stereocenters. The van der Waals surface area contributed by atoms with Crippen LogP contribution in [-0.4, -0.2) is 20.5 Å². The van der Waals surface area contributed by atoms with Crippen molar-refractivity contribution in [3.05, 3.63) is 23.2 Å². The zero-order valence-corrected chi connectivity index (χ0v) is 11.8. The van der Waals surface area contributed by atoms with Gasteiger partial charge in [-0.2, -0.15) is 0 Å². The van der Waals surface area contributed by atoms with E-state index in [0.29, 0.717) is 5.88 Å². The van der Waals surface area contributed by atoms with E-state index >= 15 is 0 Å². The minimum absolute atomic E-state index is 0.287. The SMILES string of the molecule is Brc1cn2ccnc2c(OC2CCCCCC2)n1. The van der Waals surface area contributed by atoms with Crippen LogP contribution in [0.4, 0.5) is 0 Å². The zero-order valence-electron chi connectivity index (χ0n) is 10.2. The second-order valence-electron chi connectivity index (χ2n) is 4.76. The summed E-state index contributed by atoms with van der Waals surface area (Å²) >= 11 is 3.41. The molecule has 0 radical (unpaired) electrons. The molecule has 2 aromatic heterocycles. The molecule has 1 fully saturated rings. The summed E-state index contributed by atoms with van der Waals surface area (Å²) in [6.45, 7) is 0. The number of ether oxygens (including phenoxy) is 1. The van der Waals surface area contributed by atoms with E-state index in [9.17, 15) is 0 Å². The van der Waals surface area contributed by atoms with Crippen molar-refractivity contribution in [1.82, 2.24) is 14.4 Å². The Morgan fingerprint density at radius 1 is 1.22 bits per heavy atom. The van der Waals surface area contributed by atoms with E-state index in [2.05, 4.69) is 25.9 Å². The first kappa shape index (κ1) is 12.0. The average molecular weight is 310 g/mol. The van der Waals surface area contributed by atoms with Gasteiger partial charge in [-0.05, 0) is 41.6 Å². The quantitative estimate of drug-likeness (QED) is 0.796. The van der Waals surface area contributed by atoms with Gasteiger partial charge in [-0.25, -0.2) is 9.97 Å². The Morgan fingerprint density at radius 3 is 2.78 bits per heavy atom. The number of rotatable bonds is 2. The van der Waals surface area contributed by atoms with Crippen molar-refractivity contribution in [1.29, 1.82) is 0 Å². The summed E-state index contributed by atoms with van der Waals surface area (Å²) < 4.78 is 8.77. The molecular weight excluding hydrogens is 294 g/mol. The first-order chi connectivity index (χ1) is 8.83. The minimum Gasteiger partial charge on any atom is -0.472 e. The normalized spacial score (nSPS) is 17.8. The molecule has 0 saturated heterocycles. The molecule has 0 bridgehead atoms. The Bertz CT molecular complexity index is 532. The van der Waals surface area contributed by atoms with Gasteiger partial charge in [0.2, 0.25) is 5.65 Å². The predicted octanol–water partition coefficient (Wildman–Crippen LogP) is 3.59. The van der Waals surface area contributed by atoms with Crippen LogP contribution < -0.4 is 4.74 Å². The summed E-state index contributed by atoms with van der Waals surface area (Å²) in [5.41, 5.74) is 0.794. The van der Waals surface area contributed by atoms with Gasteiger partial charge in [0, 0.05) is 18.6 Å². The van der Waals surface area contributed by atoms with Crippen molar-refractivity contribution >= 4 is 21.6 Å². The van der Waals surface area contributed by atoms with Crippen molar-refractivity contribution in [2.45, 2.75) is 44.6 Å². The molecule has 96 valence electrons. The maximum atomic E-state index is 6.06. The molecule has 2 heterocycles. The van der Waals surface area contributed by atoms with Crippen molar-refractivity contribution in [3.63, 3.8) is 0 Å². The summed E-state index contributed by atoms with van der Waals surface area (Å²) in [5.74, 6) is 0.640. The number of fused-ring (bicyclic) bond motifs is 1. The van der Waals surface area contributed by atoms with Gasteiger partial charge in [-0.3, -0.25) is 4.40 Å². The fourth-order valence-electron chi connectivity index (χ4n) is 2.47. The van der Waals surface area contributed by atoms with Gasteiger partial charge in [0.15, 0.2) is 0 Å². The monoisotopic (exact) mass is 309 g/mol. The topological polar surface area (TPSA) is 39.4 Å². The van der Waals surface area contributed by atoms with Crippen LogP contribution >= 0.6 is 15.9 Å². The number of halogens is 1. The molecule has 1 aliphatic carbocycles. The largest absolute Gasteiger partial charge is 0.472 e. The number of aromatic nitrogens is 3. The highest BCUT2D eigenvalue weighted by atomic mass is 79.9. The van der Waals surface area contributed by atoms with Gasteiger partial charge in [0.1, 0.15) is 10.7 Å². The molecule has 0 aliphatic heterocycles. The number of hydrogen-bond acceptors (Lipinski definition) is 3. The molecule has 3 rings (SSSR count). The highest BCUT2D eigenvalue weighted by molar-refractivity contribution is 9.10. The second kappa shape index (κ2) is 5.26. The van der Waals surface area contributed by atoms with Crippen molar-refractivity contribution in [3.8, 4) is 5.88 Å². The smallest absolute Gasteiger partial charge is 0.259 e. The Labute approximate surface area is 115 Å². The first-order valence-electron chi connectivity index (χ1n) is 6.49. The second-order valence-corrected chi connectivity index (χ2v) is 5.57. The maximum absolute atomic E-state index is 6.06. The van der Waals surface area contributed by atoms with Crippen molar-refractivity contribution < 1.29 is 4.74 Å². The molecule has 0 unspecified atom stereocenters. The summed E-state index contributed by atoms with van der Waals surface area (Å²) in [6.07, 6.45) is 13.3. The molecule has 0 N–H and O–H groups in total. The van der Waals surface area contributed by atoms with Crippen LogP contribution in [0.1, 0.15) is 38.5 Å².